The first-order valence-corrected chi connectivity index (χ1v) is 12.2. The van der Waals surface area contributed by atoms with Crippen molar-refractivity contribution in [2.75, 3.05) is 26.2 Å². The Bertz CT molecular complexity index is 529. The predicted octanol–water partition coefficient (Wildman–Crippen LogP) is 3.72. The van der Waals surface area contributed by atoms with Crippen LogP contribution >= 0.6 is 0 Å². The van der Waals surface area contributed by atoms with Crippen LogP contribution in [0.3, 0.4) is 0 Å². The van der Waals surface area contributed by atoms with Crippen LogP contribution in [-0.4, -0.2) is 58.8 Å². The zero-order valence-corrected chi connectivity index (χ0v) is 20.6. The number of hydrogen-bond acceptors (Lipinski definition) is 4. The number of unbranched alkanes of at least 4 members (excludes halogenated alkanes) is 5. The first kappa shape index (κ1) is 30.1. The number of hydrogen-bond donors (Lipinski definition) is 2. The van der Waals surface area contributed by atoms with Crippen LogP contribution in [0.5, 0.6) is 0 Å². The lowest BCUT2D eigenvalue weighted by Crippen LogP contribution is -2.52. The Kier molecular flexibility index (Phi) is 15.7. The van der Waals surface area contributed by atoms with Gasteiger partial charge in [-0.15, -0.1) is 0 Å². The smallest absolute Gasteiger partial charge is 0.306 e. The molecule has 0 aliphatic rings. The third-order valence-electron chi connectivity index (χ3n) is 6.59. The molecule has 0 aromatic rings. The van der Waals surface area contributed by atoms with Gasteiger partial charge >= 0.3 is 11.9 Å². The van der Waals surface area contributed by atoms with E-state index in [1.165, 1.54) is 6.42 Å². The van der Waals surface area contributed by atoms with E-state index in [4.69, 9.17) is 0 Å². The molecule has 0 aliphatic heterocycles. The number of rotatable bonds is 20. The van der Waals surface area contributed by atoms with E-state index in [0.717, 1.165) is 38.6 Å². The highest BCUT2D eigenvalue weighted by Gasteiger charge is 2.30. The number of carbonyl (C=O) groups is 3. The van der Waals surface area contributed by atoms with E-state index >= 15 is 0 Å². The molecule has 0 aromatic carbocycles. The molecule has 0 saturated carbocycles. The summed E-state index contributed by atoms with van der Waals surface area (Å²) < 4.78 is 0.575. The summed E-state index contributed by atoms with van der Waals surface area (Å²) in [5, 5.41) is 29.9. The van der Waals surface area contributed by atoms with Crippen LogP contribution in [0.25, 0.3) is 0 Å². The first-order chi connectivity index (χ1) is 15.0. The predicted molar refractivity (Wildman–Crippen MR) is 124 cm³/mol. The van der Waals surface area contributed by atoms with Crippen molar-refractivity contribution in [1.29, 1.82) is 0 Å². The van der Waals surface area contributed by atoms with Gasteiger partial charge in [0, 0.05) is 31.1 Å². The molecule has 0 rings (SSSR count). The van der Waals surface area contributed by atoms with Crippen molar-refractivity contribution < 1.29 is 34.2 Å². The maximum absolute atomic E-state index is 11.4. The van der Waals surface area contributed by atoms with Crippen molar-refractivity contribution in [3.8, 4) is 0 Å². The molecule has 3 unspecified atom stereocenters. The summed E-state index contributed by atoms with van der Waals surface area (Å²) in [6, 6.07) is 0. The molecule has 0 spiro atoms. The van der Waals surface area contributed by atoms with Crippen LogP contribution in [-0.2, 0) is 14.4 Å². The third-order valence-corrected chi connectivity index (χ3v) is 6.59. The van der Waals surface area contributed by atoms with Crippen LogP contribution in [0.15, 0.2) is 12.2 Å². The molecule has 7 nitrogen and oxygen atoms in total. The largest absolute Gasteiger partial charge is 0.550 e. The Labute approximate surface area is 194 Å². The molecule has 0 saturated heterocycles. The van der Waals surface area contributed by atoms with Crippen LogP contribution < -0.4 is 5.11 Å². The van der Waals surface area contributed by atoms with Gasteiger partial charge in [0.15, 0.2) is 0 Å². The fraction of sp³-hybridized carbons (Fsp3) is 0.800. The monoisotopic (exact) mass is 455 g/mol. The molecule has 186 valence electrons. The van der Waals surface area contributed by atoms with Gasteiger partial charge in [0.2, 0.25) is 0 Å². The van der Waals surface area contributed by atoms with Crippen LogP contribution in [0, 0.1) is 17.8 Å². The summed E-state index contributed by atoms with van der Waals surface area (Å²) in [6.45, 7) is 9.66. The van der Waals surface area contributed by atoms with E-state index in [2.05, 4.69) is 12.2 Å². The van der Waals surface area contributed by atoms with E-state index in [-0.39, 0.29) is 0 Å². The minimum Gasteiger partial charge on any atom is -0.550 e. The van der Waals surface area contributed by atoms with Crippen molar-refractivity contribution in [2.45, 2.75) is 85.5 Å². The average molecular weight is 456 g/mol. The summed E-state index contributed by atoms with van der Waals surface area (Å²) in [5.41, 5.74) is 0. The number of nitrogens with zero attached hydrogens (tertiary/aromatic N) is 1. The van der Waals surface area contributed by atoms with E-state index < -0.39 is 35.7 Å². The molecule has 0 amide bonds. The summed E-state index contributed by atoms with van der Waals surface area (Å²) >= 11 is 0. The highest BCUT2D eigenvalue weighted by atomic mass is 16.4. The van der Waals surface area contributed by atoms with Gasteiger partial charge < -0.3 is 24.6 Å². The normalized spacial score (nSPS) is 16.4. The van der Waals surface area contributed by atoms with E-state index in [0.29, 0.717) is 43.4 Å². The third kappa shape index (κ3) is 13.5. The molecule has 0 fully saturated rings. The topological polar surface area (TPSA) is 115 Å². The van der Waals surface area contributed by atoms with Gasteiger partial charge in [0.05, 0.1) is 38.0 Å². The lowest BCUT2D eigenvalue weighted by molar-refractivity contribution is -0.929. The highest BCUT2D eigenvalue weighted by Crippen LogP contribution is 2.21. The minimum atomic E-state index is -1.08. The number of carboxylic acid groups (broad SMARTS) is 3. The zero-order valence-electron chi connectivity index (χ0n) is 20.6. The van der Waals surface area contributed by atoms with Gasteiger partial charge in [0.25, 0.3) is 0 Å². The molecule has 2 N–H and O–H groups in total. The Morgan fingerprint density at radius 2 is 1.19 bits per heavy atom. The fourth-order valence-corrected chi connectivity index (χ4v) is 3.84. The molecule has 32 heavy (non-hydrogen) atoms. The Morgan fingerprint density at radius 1 is 0.750 bits per heavy atom. The summed E-state index contributed by atoms with van der Waals surface area (Å²) in [6.07, 6.45) is 12.2. The second-order valence-electron chi connectivity index (χ2n) is 9.43. The summed E-state index contributed by atoms with van der Waals surface area (Å²) in [5.74, 6) is -4.34. The first-order valence-electron chi connectivity index (χ1n) is 12.2. The van der Waals surface area contributed by atoms with Gasteiger partial charge in [-0.2, -0.15) is 0 Å². The molecule has 0 aliphatic carbocycles. The van der Waals surface area contributed by atoms with Gasteiger partial charge in [-0.25, -0.2) is 0 Å². The number of carboxylic acids is 3. The van der Waals surface area contributed by atoms with Gasteiger partial charge in [-0.1, -0.05) is 45.8 Å². The van der Waals surface area contributed by atoms with Crippen LogP contribution in [0.4, 0.5) is 0 Å². The standard InChI is InChI=1S/C25H45NO6/c1-5-6-7-8-9-10-11-12-16-26(17-13-20(2)23(27)28,18-14-21(3)24(29)30)19-15-22(4)25(31)32/h5-6,20-22H,7-19H2,1-4H3,(H2-,27,28,29,30,31,32)/b6-5+. The van der Waals surface area contributed by atoms with Gasteiger partial charge in [0.1, 0.15) is 0 Å². The second-order valence-corrected chi connectivity index (χ2v) is 9.43. The molecule has 3 atom stereocenters. The van der Waals surface area contributed by atoms with Gasteiger partial charge in [-0.3, -0.25) is 9.59 Å². The van der Waals surface area contributed by atoms with E-state index in [1.807, 2.05) is 6.92 Å². The van der Waals surface area contributed by atoms with Crippen molar-refractivity contribution in [3.05, 3.63) is 12.2 Å². The number of carbonyl (C=O) groups excluding carboxylic acids is 1. The minimum absolute atomic E-state index is 0.439. The molecule has 0 aromatic heterocycles. The number of aliphatic carboxylic acids is 3. The summed E-state index contributed by atoms with van der Waals surface area (Å²) in [7, 11) is 0. The number of quaternary nitrogens is 1. The lowest BCUT2D eigenvalue weighted by atomic mass is 10.0. The fourth-order valence-electron chi connectivity index (χ4n) is 3.84. The highest BCUT2D eigenvalue weighted by molar-refractivity contribution is 5.69. The quantitative estimate of drug-likeness (QED) is 0.164. The maximum atomic E-state index is 11.4. The Balaban J connectivity index is 5.22. The lowest BCUT2D eigenvalue weighted by Gasteiger charge is -2.41. The van der Waals surface area contributed by atoms with E-state index in [9.17, 15) is 29.7 Å². The Morgan fingerprint density at radius 3 is 1.62 bits per heavy atom. The van der Waals surface area contributed by atoms with Gasteiger partial charge in [-0.05, 0) is 32.6 Å². The number of allylic oxidation sites excluding steroid dienone is 2. The maximum Gasteiger partial charge on any atom is 0.306 e. The molecular weight excluding hydrogens is 410 g/mol. The molecule has 0 radical (unpaired) electrons. The van der Waals surface area contributed by atoms with Crippen LogP contribution in [0.1, 0.15) is 85.5 Å². The average Bonchev–Trinajstić information content (AvgIpc) is 2.75. The van der Waals surface area contributed by atoms with Crippen LogP contribution in [0.2, 0.25) is 0 Å². The Hall–Kier alpha value is -1.89. The molecule has 0 bridgehead atoms. The van der Waals surface area contributed by atoms with Crippen molar-refractivity contribution in [3.63, 3.8) is 0 Å². The molecule has 7 heteroatoms. The molecule has 0 heterocycles. The SMILES string of the molecule is C/C=C/CCCCCCC[N+](CCC(C)C(=O)[O-])(CCC(C)C(=O)O)CCC(C)C(=O)O. The van der Waals surface area contributed by atoms with Crippen molar-refractivity contribution >= 4 is 17.9 Å². The van der Waals surface area contributed by atoms with E-state index in [1.54, 1.807) is 20.8 Å². The molecular formula is C25H45NO6. The van der Waals surface area contributed by atoms with Crippen molar-refractivity contribution in [1.82, 2.24) is 0 Å². The second kappa shape index (κ2) is 16.7. The summed E-state index contributed by atoms with van der Waals surface area (Å²) in [4.78, 5) is 34.0. The zero-order chi connectivity index (χ0) is 24.6. The van der Waals surface area contributed by atoms with Crippen molar-refractivity contribution in [2.24, 2.45) is 17.8 Å².